The fraction of sp³-hybridized carbons (Fsp3) is 0.900. The van der Waals surface area contributed by atoms with Gasteiger partial charge in [-0.15, -0.1) is 0 Å². The van der Waals surface area contributed by atoms with Crippen molar-refractivity contribution < 1.29 is 14.3 Å². The summed E-state index contributed by atoms with van der Waals surface area (Å²) < 4.78 is 10.0. The summed E-state index contributed by atoms with van der Waals surface area (Å²) in [4.78, 5) is 11.2. The fourth-order valence-electron chi connectivity index (χ4n) is 0.884. The molecule has 0 saturated carbocycles. The van der Waals surface area contributed by atoms with E-state index in [4.69, 9.17) is 15.2 Å². The molecule has 0 fully saturated rings. The third kappa shape index (κ3) is 9.48. The maximum Gasteiger partial charge on any atom is 0.306 e. The highest BCUT2D eigenvalue weighted by Crippen LogP contribution is 2.18. The van der Waals surface area contributed by atoms with Gasteiger partial charge in [-0.05, 0) is 5.41 Å². The normalized spacial score (nSPS) is 11.4. The average molecular weight is 203 g/mol. The van der Waals surface area contributed by atoms with Gasteiger partial charge in [0.15, 0.2) is 0 Å². The van der Waals surface area contributed by atoms with Crippen LogP contribution in [0.15, 0.2) is 0 Å². The van der Waals surface area contributed by atoms with E-state index in [9.17, 15) is 4.79 Å². The molecule has 0 radical (unpaired) electrons. The Balaban J connectivity index is 3.36. The van der Waals surface area contributed by atoms with Crippen LogP contribution in [0.1, 0.15) is 27.2 Å². The van der Waals surface area contributed by atoms with E-state index in [-0.39, 0.29) is 11.4 Å². The van der Waals surface area contributed by atoms with Gasteiger partial charge < -0.3 is 15.2 Å². The average Bonchev–Trinajstić information content (AvgIpc) is 2.00. The zero-order valence-electron chi connectivity index (χ0n) is 9.34. The lowest BCUT2D eigenvalue weighted by Crippen LogP contribution is -2.18. The minimum atomic E-state index is -0.172. The van der Waals surface area contributed by atoms with E-state index in [1.807, 2.05) is 20.8 Å². The number of carbonyl (C=O) groups is 1. The Kier molecular flexibility index (Phi) is 6.49. The molecule has 0 spiro atoms. The molecule has 0 aliphatic rings. The number of ether oxygens (including phenoxy) is 2. The van der Waals surface area contributed by atoms with Crippen LogP contribution in [0.2, 0.25) is 0 Å². The van der Waals surface area contributed by atoms with E-state index in [2.05, 4.69) is 0 Å². The van der Waals surface area contributed by atoms with E-state index >= 15 is 0 Å². The summed E-state index contributed by atoms with van der Waals surface area (Å²) in [6.07, 6.45) is 0.434. The van der Waals surface area contributed by atoms with Gasteiger partial charge >= 0.3 is 5.97 Å². The number of nitrogens with two attached hydrogens (primary N) is 1. The molecular formula is C10H21NO3. The van der Waals surface area contributed by atoms with Gasteiger partial charge in [-0.25, -0.2) is 0 Å². The minimum absolute atomic E-state index is 0.0187. The van der Waals surface area contributed by atoms with Gasteiger partial charge in [0.05, 0.1) is 19.6 Å². The van der Waals surface area contributed by atoms with Crippen molar-refractivity contribution in [2.45, 2.75) is 27.2 Å². The second-order valence-electron chi connectivity index (χ2n) is 4.36. The molecule has 2 N–H and O–H groups in total. The molecule has 0 unspecified atom stereocenters. The topological polar surface area (TPSA) is 61.5 Å². The quantitative estimate of drug-likeness (QED) is 0.515. The second-order valence-corrected chi connectivity index (χ2v) is 4.36. The van der Waals surface area contributed by atoms with Crippen LogP contribution < -0.4 is 5.73 Å². The Labute approximate surface area is 85.8 Å². The Bertz CT molecular complexity index is 163. The monoisotopic (exact) mass is 203 g/mol. The summed E-state index contributed by atoms with van der Waals surface area (Å²) in [7, 11) is 0. The summed E-state index contributed by atoms with van der Waals surface area (Å²) in [5, 5.41) is 0. The van der Waals surface area contributed by atoms with E-state index in [1.54, 1.807) is 0 Å². The molecule has 0 aliphatic heterocycles. The molecular weight excluding hydrogens is 182 g/mol. The first-order valence-corrected chi connectivity index (χ1v) is 4.89. The Morgan fingerprint density at radius 2 is 1.86 bits per heavy atom. The number of esters is 1. The van der Waals surface area contributed by atoms with Crippen molar-refractivity contribution in [2.24, 2.45) is 11.1 Å². The highest BCUT2D eigenvalue weighted by molar-refractivity contribution is 5.70. The van der Waals surface area contributed by atoms with Crippen LogP contribution in [-0.2, 0) is 14.3 Å². The second kappa shape index (κ2) is 6.79. The lowest BCUT2D eigenvalue weighted by molar-refractivity contribution is -0.147. The Morgan fingerprint density at radius 1 is 1.21 bits per heavy atom. The maximum absolute atomic E-state index is 11.2. The van der Waals surface area contributed by atoms with Gasteiger partial charge in [0.2, 0.25) is 0 Å². The number of hydrogen-bond donors (Lipinski definition) is 1. The van der Waals surface area contributed by atoms with Crippen molar-refractivity contribution in [3.05, 3.63) is 0 Å². The molecule has 84 valence electrons. The molecule has 0 aliphatic carbocycles. The Hall–Kier alpha value is -0.610. The third-order valence-corrected chi connectivity index (χ3v) is 1.43. The molecule has 0 amide bonds. The highest BCUT2D eigenvalue weighted by atomic mass is 16.6. The van der Waals surface area contributed by atoms with Crippen molar-refractivity contribution in [2.75, 3.05) is 26.4 Å². The SMILES string of the molecule is CC(C)(C)CC(=O)OCCOCCN. The van der Waals surface area contributed by atoms with Gasteiger partial charge in [0, 0.05) is 6.54 Å². The van der Waals surface area contributed by atoms with Crippen molar-refractivity contribution in [1.82, 2.24) is 0 Å². The molecule has 0 aromatic rings. The van der Waals surface area contributed by atoms with Gasteiger partial charge in [0.25, 0.3) is 0 Å². The van der Waals surface area contributed by atoms with Crippen molar-refractivity contribution >= 4 is 5.97 Å². The summed E-state index contributed by atoms with van der Waals surface area (Å²) in [6, 6.07) is 0. The zero-order valence-corrected chi connectivity index (χ0v) is 9.34. The van der Waals surface area contributed by atoms with Gasteiger partial charge in [-0.1, -0.05) is 20.8 Å². The largest absolute Gasteiger partial charge is 0.463 e. The predicted octanol–water partition coefficient (Wildman–Crippen LogP) is 0.941. The molecule has 0 bridgehead atoms. The number of rotatable bonds is 6. The maximum atomic E-state index is 11.2. The first-order valence-electron chi connectivity index (χ1n) is 4.89. The molecule has 0 atom stereocenters. The molecule has 0 aromatic carbocycles. The summed E-state index contributed by atoms with van der Waals surface area (Å²) >= 11 is 0. The van der Waals surface area contributed by atoms with Crippen molar-refractivity contribution in [3.8, 4) is 0 Å². The molecule has 4 heteroatoms. The summed E-state index contributed by atoms with van der Waals surface area (Å²) in [5.74, 6) is -0.172. The first kappa shape index (κ1) is 13.4. The van der Waals surface area contributed by atoms with Gasteiger partial charge in [-0.3, -0.25) is 4.79 Å². The lowest BCUT2D eigenvalue weighted by Gasteiger charge is -2.16. The number of carbonyl (C=O) groups excluding carboxylic acids is 1. The van der Waals surface area contributed by atoms with Crippen LogP contribution in [0.5, 0.6) is 0 Å². The first-order chi connectivity index (χ1) is 6.45. The summed E-state index contributed by atoms with van der Waals surface area (Å²) in [6.45, 7) is 7.74. The molecule has 0 saturated heterocycles. The predicted molar refractivity (Wildman–Crippen MR) is 54.9 cm³/mol. The molecule has 0 aromatic heterocycles. The van der Waals surface area contributed by atoms with Crippen LogP contribution in [0, 0.1) is 5.41 Å². The van der Waals surface area contributed by atoms with E-state index in [0.717, 1.165) is 0 Å². The molecule has 4 nitrogen and oxygen atoms in total. The van der Waals surface area contributed by atoms with Crippen LogP contribution in [0.4, 0.5) is 0 Å². The summed E-state index contributed by atoms with van der Waals surface area (Å²) in [5.41, 5.74) is 5.20. The third-order valence-electron chi connectivity index (χ3n) is 1.43. The van der Waals surface area contributed by atoms with Crippen LogP contribution >= 0.6 is 0 Å². The van der Waals surface area contributed by atoms with Crippen LogP contribution in [-0.4, -0.2) is 32.3 Å². The Morgan fingerprint density at radius 3 is 2.36 bits per heavy atom. The van der Waals surface area contributed by atoms with Crippen LogP contribution in [0.3, 0.4) is 0 Å². The number of hydrogen-bond acceptors (Lipinski definition) is 4. The fourth-order valence-corrected chi connectivity index (χ4v) is 0.884. The van der Waals surface area contributed by atoms with E-state index in [0.29, 0.717) is 32.8 Å². The van der Waals surface area contributed by atoms with Crippen molar-refractivity contribution in [1.29, 1.82) is 0 Å². The minimum Gasteiger partial charge on any atom is -0.463 e. The van der Waals surface area contributed by atoms with Gasteiger partial charge in [0.1, 0.15) is 6.61 Å². The standard InChI is InChI=1S/C10H21NO3/c1-10(2,3)8-9(12)14-7-6-13-5-4-11/h4-8,11H2,1-3H3. The zero-order chi connectivity index (χ0) is 11.0. The molecule has 0 heterocycles. The smallest absolute Gasteiger partial charge is 0.306 e. The lowest BCUT2D eigenvalue weighted by atomic mass is 9.93. The van der Waals surface area contributed by atoms with Crippen LogP contribution in [0.25, 0.3) is 0 Å². The van der Waals surface area contributed by atoms with Gasteiger partial charge in [-0.2, -0.15) is 0 Å². The van der Waals surface area contributed by atoms with Crippen molar-refractivity contribution in [3.63, 3.8) is 0 Å². The van der Waals surface area contributed by atoms with E-state index < -0.39 is 0 Å². The molecule has 14 heavy (non-hydrogen) atoms. The highest BCUT2D eigenvalue weighted by Gasteiger charge is 2.16. The van der Waals surface area contributed by atoms with E-state index in [1.165, 1.54) is 0 Å². The molecule has 0 rings (SSSR count).